The predicted molar refractivity (Wildman–Crippen MR) is 166 cm³/mol. The van der Waals surface area contributed by atoms with E-state index in [4.69, 9.17) is 11.1 Å². The van der Waals surface area contributed by atoms with Crippen LogP contribution >= 0.6 is 0 Å². The van der Waals surface area contributed by atoms with E-state index in [0.717, 1.165) is 11.3 Å². The normalized spacial score (nSPS) is 10.5. The number of allylic oxidation sites excluding steroid dienone is 1. The third-order valence-electron chi connectivity index (χ3n) is 6.02. The average Bonchev–Trinajstić information content (AvgIpc) is 2.94. The van der Waals surface area contributed by atoms with Crippen LogP contribution in [0.3, 0.4) is 0 Å². The summed E-state index contributed by atoms with van der Waals surface area (Å²) in [5.41, 5.74) is 15.2. The van der Waals surface area contributed by atoms with Gasteiger partial charge in [-0.05, 0) is 62.9 Å². The van der Waals surface area contributed by atoms with Crippen molar-refractivity contribution in [1.82, 2.24) is 0 Å². The van der Waals surface area contributed by atoms with Gasteiger partial charge in [0.05, 0.1) is 0 Å². The zero-order chi connectivity index (χ0) is 27.2. The molecule has 37 heavy (non-hydrogen) atoms. The Morgan fingerprint density at radius 2 is 1.11 bits per heavy atom. The summed E-state index contributed by atoms with van der Waals surface area (Å²) in [4.78, 5) is 0. The van der Waals surface area contributed by atoms with E-state index in [0.29, 0.717) is 11.8 Å². The lowest BCUT2D eigenvalue weighted by Gasteiger charge is -2.17. The van der Waals surface area contributed by atoms with E-state index < -0.39 is 0 Å². The molecule has 4 aromatic carbocycles. The lowest BCUT2D eigenvalue weighted by Crippen LogP contribution is -1.95. The summed E-state index contributed by atoms with van der Waals surface area (Å²) in [5, 5.41) is 7.40. The first kappa shape index (κ1) is 29.3. The van der Waals surface area contributed by atoms with E-state index in [9.17, 15) is 0 Å². The highest BCUT2D eigenvalue weighted by Gasteiger charge is 2.13. The van der Waals surface area contributed by atoms with Gasteiger partial charge in [-0.3, -0.25) is 0 Å². The second-order valence-electron chi connectivity index (χ2n) is 9.23. The van der Waals surface area contributed by atoms with Crippen LogP contribution in [0.5, 0.6) is 0 Å². The zero-order valence-corrected chi connectivity index (χ0v) is 23.2. The quantitative estimate of drug-likeness (QED) is 0.205. The molecule has 0 saturated heterocycles. The third-order valence-corrected chi connectivity index (χ3v) is 6.02. The molecule has 0 fully saturated rings. The standard InChI is InChI=1S/C24H23N.C9H13N.C2H6/c1-18(2)21-16-23(19-10-5-3-6-11-19)22(14-9-15-25)24(17-21)20-12-7-4-8-13-20;1-7(2)8-5-3-4-6-9(8)10;1-2/h3-18,25H,1-2H3;3-7H,10H2,1-2H3;1-2H3/b14-9+,25-15?;;. The lowest BCUT2D eigenvalue weighted by molar-refractivity contribution is 0.867. The second-order valence-corrected chi connectivity index (χ2v) is 9.23. The molecule has 4 aromatic rings. The van der Waals surface area contributed by atoms with Crippen molar-refractivity contribution in [3.8, 4) is 22.3 Å². The molecule has 0 spiro atoms. The maximum Gasteiger partial charge on any atom is 0.0349 e. The summed E-state index contributed by atoms with van der Waals surface area (Å²) in [5.74, 6) is 0.979. The van der Waals surface area contributed by atoms with Gasteiger partial charge in [-0.2, -0.15) is 0 Å². The lowest BCUT2D eigenvalue weighted by atomic mass is 9.87. The Morgan fingerprint density at radius 1 is 0.649 bits per heavy atom. The number of rotatable bonds is 6. The van der Waals surface area contributed by atoms with E-state index >= 15 is 0 Å². The minimum Gasteiger partial charge on any atom is -0.398 e. The Kier molecular flexibility index (Phi) is 12.1. The van der Waals surface area contributed by atoms with Gasteiger partial charge in [0.15, 0.2) is 0 Å². The molecule has 4 rings (SSSR count). The van der Waals surface area contributed by atoms with Crippen molar-refractivity contribution in [1.29, 1.82) is 5.41 Å². The summed E-state index contributed by atoms with van der Waals surface area (Å²) in [6.07, 6.45) is 5.17. The van der Waals surface area contributed by atoms with E-state index in [-0.39, 0.29) is 0 Å². The van der Waals surface area contributed by atoms with Crippen LogP contribution < -0.4 is 5.73 Å². The Hall–Kier alpha value is -3.91. The number of anilines is 1. The minimum absolute atomic E-state index is 0.450. The van der Waals surface area contributed by atoms with Crippen molar-refractivity contribution in [3.63, 3.8) is 0 Å². The molecule has 0 saturated carbocycles. The van der Waals surface area contributed by atoms with Crippen molar-refractivity contribution in [2.45, 2.75) is 53.4 Å². The van der Waals surface area contributed by atoms with Gasteiger partial charge in [0.25, 0.3) is 0 Å². The van der Waals surface area contributed by atoms with E-state index in [1.54, 1.807) is 6.08 Å². The fraction of sp³-hybridized carbons (Fsp3) is 0.229. The van der Waals surface area contributed by atoms with Crippen molar-refractivity contribution in [3.05, 3.63) is 120 Å². The molecule has 0 aliphatic heterocycles. The smallest absolute Gasteiger partial charge is 0.0349 e. The third kappa shape index (κ3) is 8.32. The van der Waals surface area contributed by atoms with Crippen molar-refractivity contribution in [2.24, 2.45) is 0 Å². The summed E-state index contributed by atoms with van der Waals surface area (Å²) >= 11 is 0. The van der Waals surface area contributed by atoms with E-state index in [2.05, 4.69) is 94.4 Å². The number of nitrogen functional groups attached to an aromatic ring is 1. The second kappa shape index (κ2) is 15.3. The van der Waals surface area contributed by atoms with Crippen LogP contribution in [0.2, 0.25) is 0 Å². The molecule has 192 valence electrons. The predicted octanol–water partition coefficient (Wildman–Crippen LogP) is 10.2. The maximum atomic E-state index is 7.40. The Labute approximate surface area is 224 Å². The number of nitrogens with two attached hydrogens (primary N) is 1. The minimum atomic E-state index is 0.450. The van der Waals surface area contributed by atoms with E-state index in [1.165, 1.54) is 39.6 Å². The van der Waals surface area contributed by atoms with Crippen LogP contribution in [0.4, 0.5) is 5.69 Å². The highest BCUT2D eigenvalue weighted by molar-refractivity contribution is 5.90. The van der Waals surface area contributed by atoms with Gasteiger partial charge in [-0.1, -0.05) is 139 Å². The molecular weight excluding hydrogens is 448 g/mol. The molecular formula is C35H42N2. The molecule has 2 nitrogen and oxygen atoms in total. The van der Waals surface area contributed by atoms with Crippen LogP contribution in [0.15, 0.2) is 103 Å². The highest BCUT2D eigenvalue weighted by atomic mass is 14.6. The fourth-order valence-electron chi connectivity index (χ4n) is 4.08. The van der Waals surface area contributed by atoms with Gasteiger partial charge >= 0.3 is 0 Å². The molecule has 0 amide bonds. The first-order chi connectivity index (χ1) is 17.9. The monoisotopic (exact) mass is 490 g/mol. The largest absolute Gasteiger partial charge is 0.398 e. The van der Waals surface area contributed by atoms with Gasteiger partial charge in [0.1, 0.15) is 0 Å². The van der Waals surface area contributed by atoms with Crippen molar-refractivity contribution >= 4 is 18.0 Å². The zero-order valence-electron chi connectivity index (χ0n) is 23.2. The number of hydrogen-bond acceptors (Lipinski definition) is 2. The van der Waals surface area contributed by atoms with Crippen molar-refractivity contribution in [2.75, 3.05) is 5.73 Å². The molecule has 3 N–H and O–H groups in total. The summed E-state index contributed by atoms with van der Waals surface area (Å²) < 4.78 is 0. The molecule has 0 bridgehead atoms. The molecule has 0 heterocycles. The first-order valence-electron chi connectivity index (χ1n) is 13.2. The van der Waals surface area contributed by atoms with Crippen molar-refractivity contribution < 1.29 is 0 Å². The maximum absolute atomic E-state index is 7.40. The number of nitrogens with one attached hydrogen (secondary N) is 1. The van der Waals surface area contributed by atoms with E-state index in [1.807, 2.05) is 50.3 Å². The fourth-order valence-corrected chi connectivity index (χ4v) is 4.08. The molecule has 0 atom stereocenters. The van der Waals surface area contributed by atoms with Crippen LogP contribution in [-0.2, 0) is 0 Å². The summed E-state index contributed by atoms with van der Waals surface area (Å²) in [6, 6.07) is 33.5. The molecule has 2 heteroatoms. The summed E-state index contributed by atoms with van der Waals surface area (Å²) in [7, 11) is 0. The number of para-hydroxylation sites is 1. The van der Waals surface area contributed by atoms with Gasteiger partial charge in [-0.15, -0.1) is 0 Å². The van der Waals surface area contributed by atoms with Gasteiger partial charge in [-0.25, -0.2) is 0 Å². The topological polar surface area (TPSA) is 49.9 Å². The number of hydrogen-bond donors (Lipinski definition) is 2. The molecule has 0 unspecified atom stereocenters. The van der Waals surface area contributed by atoms with Gasteiger partial charge < -0.3 is 11.1 Å². The van der Waals surface area contributed by atoms with Crippen LogP contribution in [0.25, 0.3) is 28.3 Å². The molecule has 0 aliphatic rings. The molecule has 0 aliphatic carbocycles. The number of benzene rings is 4. The van der Waals surface area contributed by atoms with Crippen LogP contribution in [0, 0.1) is 5.41 Å². The molecule has 0 radical (unpaired) electrons. The van der Waals surface area contributed by atoms with Crippen LogP contribution in [0.1, 0.15) is 70.1 Å². The summed E-state index contributed by atoms with van der Waals surface area (Å²) in [6.45, 7) is 12.7. The Bertz CT molecular complexity index is 1190. The van der Waals surface area contributed by atoms with Crippen LogP contribution in [-0.4, -0.2) is 6.21 Å². The average molecular weight is 491 g/mol. The van der Waals surface area contributed by atoms with Gasteiger partial charge in [0.2, 0.25) is 0 Å². The Morgan fingerprint density at radius 3 is 1.49 bits per heavy atom. The molecule has 0 aromatic heterocycles. The highest BCUT2D eigenvalue weighted by Crippen LogP contribution is 2.36. The Balaban J connectivity index is 0.000000336. The first-order valence-corrected chi connectivity index (χ1v) is 13.2. The van der Waals surface area contributed by atoms with Gasteiger partial charge in [0, 0.05) is 11.9 Å². The SMILES string of the molecule is CC.CC(C)c1cc(-c2ccccc2)c(/C=C/C=N)c(-c2ccccc2)c1.CC(C)c1ccccc1N.